The first-order chi connectivity index (χ1) is 18.5. The third-order valence-electron chi connectivity index (χ3n) is 5.94. The summed E-state index contributed by atoms with van der Waals surface area (Å²) >= 11 is 0. The van der Waals surface area contributed by atoms with Gasteiger partial charge in [0, 0.05) is 42.2 Å². The third kappa shape index (κ3) is 4.13. The molecule has 0 saturated carbocycles. The number of pyridine rings is 3. The average Bonchev–Trinajstić information content (AvgIpc) is 3.41. The van der Waals surface area contributed by atoms with Gasteiger partial charge in [-0.3, -0.25) is 9.59 Å². The second-order valence-electron chi connectivity index (χ2n) is 8.34. The van der Waals surface area contributed by atoms with Crippen molar-refractivity contribution in [2.75, 3.05) is 5.32 Å². The van der Waals surface area contributed by atoms with Gasteiger partial charge in [-0.15, -0.1) is 0 Å². The summed E-state index contributed by atoms with van der Waals surface area (Å²) < 4.78 is 35.7. The summed E-state index contributed by atoms with van der Waals surface area (Å²) in [6.45, 7) is 0. The number of hydrogen-bond acceptors (Lipinski definition) is 5. The lowest BCUT2D eigenvalue weighted by Gasteiger charge is -2.13. The van der Waals surface area contributed by atoms with Gasteiger partial charge in [0.2, 0.25) is 5.43 Å². The second kappa shape index (κ2) is 9.25. The van der Waals surface area contributed by atoms with Gasteiger partial charge < -0.3 is 19.6 Å². The fourth-order valence-electron chi connectivity index (χ4n) is 4.12. The maximum Gasteiger partial charge on any atom is 0.261 e. The van der Waals surface area contributed by atoms with Gasteiger partial charge in [-0.25, -0.2) is 18.7 Å². The fourth-order valence-corrected chi connectivity index (χ4v) is 4.12. The Kier molecular flexibility index (Phi) is 5.61. The minimum atomic E-state index is -0.743. The molecule has 0 radical (unpaired) electrons. The number of anilines is 1. The van der Waals surface area contributed by atoms with Gasteiger partial charge in [-0.05, 0) is 60.7 Å². The molecule has 0 unspecified atom stereocenters. The molecular weight excluding hydrogens is 492 g/mol. The van der Waals surface area contributed by atoms with Crippen LogP contribution >= 0.6 is 0 Å². The highest BCUT2D eigenvalue weighted by Crippen LogP contribution is 2.31. The van der Waals surface area contributed by atoms with Crippen molar-refractivity contribution in [3.05, 3.63) is 119 Å². The molecule has 186 valence electrons. The van der Waals surface area contributed by atoms with Gasteiger partial charge in [0.1, 0.15) is 28.4 Å². The van der Waals surface area contributed by atoms with Crippen LogP contribution in [0.4, 0.5) is 14.5 Å². The molecule has 0 aliphatic carbocycles. The summed E-state index contributed by atoms with van der Waals surface area (Å²) in [5.74, 6) is -1.52. The Bertz CT molecular complexity index is 1900. The highest BCUT2D eigenvalue weighted by molar-refractivity contribution is 6.05. The maximum atomic E-state index is 14.9. The number of nitrogens with one attached hydrogen (secondary N) is 2. The molecule has 0 fully saturated rings. The first-order valence-electron chi connectivity index (χ1n) is 11.4. The first kappa shape index (κ1) is 23.0. The molecule has 4 heterocycles. The number of nitrogens with zero attached hydrogens (tertiary/aromatic N) is 3. The number of halogens is 2. The van der Waals surface area contributed by atoms with Crippen LogP contribution in [0.1, 0.15) is 10.4 Å². The van der Waals surface area contributed by atoms with Crippen molar-refractivity contribution in [1.82, 2.24) is 19.5 Å². The van der Waals surface area contributed by atoms with Crippen molar-refractivity contribution in [1.29, 1.82) is 0 Å². The number of aromatic amines is 1. The van der Waals surface area contributed by atoms with Gasteiger partial charge in [-0.2, -0.15) is 0 Å². The molecule has 38 heavy (non-hydrogen) atoms. The molecule has 2 N–H and O–H groups in total. The normalized spacial score (nSPS) is 11.1. The molecule has 6 rings (SSSR count). The van der Waals surface area contributed by atoms with Crippen LogP contribution in [0.25, 0.3) is 27.8 Å². The predicted molar refractivity (Wildman–Crippen MR) is 138 cm³/mol. The van der Waals surface area contributed by atoms with Crippen LogP contribution in [-0.2, 0) is 0 Å². The van der Waals surface area contributed by atoms with E-state index in [0.717, 1.165) is 6.07 Å². The standard InChI is InChI=1S/C28H17F2N5O3/c29-16-3-6-18(7-4-16)35-15-21(25(36)20-2-1-11-33-27(20)35)28(37)34-17-5-8-24(22(30)14-17)38-23-10-13-32-26-19(23)9-12-31-26/h1-15H,(H,31,32)(H,34,37). The number of hydrogen-bond donors (Lipinski definition) is 2. The number of carbonyl (C=O) groups excluding carboxylic acids is 1. The Morgan fingerprint density at radius 3 is 2.58 bits per heavy atom. The molecule has 0 aliphatic rings. The van der Waals surface area contributed by atoms with Crippen LogP contribution in [0.15, 0.2) is 96.3 Å². The van der Waals surface area contributed by atoms with Gasteiger partial charge in [0.05, 0.1) is 10.8 Å². The summed E-state index contributed by atoms with van der Waals surface area (Å²) in [5, 5.41) is 3.45. The number of rotatable bonds is 5. The van der Waals surface area contributed by atoms with Crippen molar-refractivity contribution >= 4 is 33.7 Å². The zero-order chi connectivity index (χ0) is 26.2. The third-order valence-corrected chi connectivity index (χ3v) is 5.94. The Morgan fingerprint density at radius 2 is 1.76 bits per heavy atom. The molecule has 2 aromatic carbocycles. The lowest BCUT2D eigenvalue weighted by molar-refractivity contribution is 0.102. The number of ether oxygens (including phenoxy) is 1. The van der Waals surface area contributed by atoms with Crippen molar-refractivity contribution < 1.29 is 18.3 Å². The second-order valence-corrected chi connectivity index (χ2v) is 8.34. The summed E-state index contributed by atoms with van der Waals surface area (Å²) in [4.78, 5) is 37.7. The lowest BCUT2D eigenvalue weighted by Crippen LogP contribution is -2.24. The Balaban J connectivity index is 1.32. The van der Waals surface area contributed by atoms with E-state index in [1.54, 1.807) is 36.7 Å². The van der Waals surface area contributed by atoms with Crippen molar-refractivity contribution in [2.24, 2.45) is 0 Å². The molecule has 0 saturated heterocycles. The Hall–Kier alpha value is -5.38. The summed E-state index contributed by atoms with van der Waals surface area (Å²) in [5.41, 5.74) is 0.800. The zero-order valence-corrected chi connectivity index (χ0v) is 19.5. The van der Waals surface area contributed by atoms with Crippen LogP contribution in [-0.4, -0.2) is 25.4 Å². The first-order valence-corrected chi connectivity index (χ1v) is 11.4. The predicted octanol–water partition coefficient (Wildman–Crippen LogP) is 5.58. The van der Waals surface area contributed by atoms with Crippen LogP contribution in [0.5, 0.6) is 11.5 Å². The summed E-state index contributed by atoms with van der Waals surface area (Å²) in [6.07, 6.45) is 6.09. The highest BCUT2D eigenvalue weighted by atomic mass is 19.1. The van der Waals surface area contributed by atoms with Gasteiger partial charge in [-0.1, -0.05) is 0 Å². The SMILES string of the molecule is O=C(Nc1ccc(Oc2ccnc3[nH]ccc23)c(F)c1)c1cn(-c2ccc(F)cc2)c2ncccc2c1=O. The molecule has 0 atom stereocenters. The van der Waals surface area contributed by atoms with Gasteiger partial charge in [0.15, 0.2) is 11.6 Å². The Labute approximate surface area is 213 Å². The van der Waals surface area contributed by atoms with Crippen LogP contribution in [0.3, 0.4) is 0 Å². The van der Waals surface area contributed by atoms with E-state index in [1.165, 1.54) is 53.4 Å². The largest absolute Gasteiger partial charge is 0.453 e. The molecule has 0 aliphatic heterocycles. The van der Waals surface area contributed by atoms with Gasteiger partial charge in [0.25, 0.3) is 5.91 Å². The van der Waals surface area contributed by atoms with E-state index >= 15 is 0 Å². The molecule has 6 aromatic rings. The van der Waals surface area contributed by atoms with Crippen molar-refractivity contribution in [2.45, 2.75) is 0 Å². The van der Waals surface area contributed by atoms with E-state index in [0.29, 0.717) is 28.1 Å². The number of fused-ring (bicyclic) bond motifs is 2. The van der Waals surface area contributed by atoms with E-state index in [9.17, 15) is 18.4 Å². The minimum absolute atomic E-state index is 0.0489. The quantitative estimate of drug-likeness (QED) is 0.316. The van der Waals surface area contributed by atoms with Crippen LogP contribution in [0, 0.1) is 11.6 Å². The molecule has 10 heteroatoms. The topological polar surface area (TPSA) is 102 Å². The average molecular weight is 509 g/mol. The van der Waals surface area contributed by atoms with E-state index in [1.807, 2.05) is 0 Å². The molecule has 1 amide bonds. The van der Waals surface area contributed by atoms with E-state index in [2.05, 4.69) is 20.3 Å². The van der Waals surface area contributed by atoms with Crippen LogP contribution < -0.4 is 15.5 Å². The Morgan fingerprint density at radius 1 is 0.921 bits per heavy atom. The molecule has 4 aromatic heterocycles. The lowest BCUT2D eigenvalue weighted by atomic mass is 10.1. The number of benzene rings is 2. The molecule has 0 bridgehead atoms. The minimum Gasteiger partial charge on any atom is -0.453 e. The van der Waals surface area contributed by atoms with Gasteiger partial charge >= 0.3 is 0 Å². The number of carbonyl (C=O) groups is 1. The number of H-pyrrole nitrogens is 1. The van der Waals surface area contributed by atoms with E-state index in [4.69, 9.17) is 4.74 Å². The van der Waals surface area contributed by atoms with Crippen molar-refractivity contribution in [3.8, 4) is 17.2 Å². The summed E-state index contributed by atoms with van der Waals surface area (Å²) in [6, 6.07) is 16.0. The van der Waals surface area contributed by atoms with Crippen molar-refractivity contribution in [3.63, 3.8) is 0 Å². The molecular formula is C28H17F2N5O3. The fraction of sp³-hybridized carbons (Fsp3) is 0. The summed E-state index contributed by atoms with van der Waals surface area (Å²) in [7, 11) is 0. The number of aromatic nitrogens is 4. The zero-order valence-electron chi connectivity index (χ0n) is 19.5. The van der Waals surface area contributed by atoms with Crippen LogP contribution in [0.2, 0.25) is 0 Å². The van der Waals surface area contributed by atoms with E-state index in [-0.39, 0.29) is 22.4 Å². The number of amides is 1. The highest BCUT2D eigenvalue weighted by Gasteiger charge is 2.18. The molecule has 0 spiro atoms. The van der Waals surface area contributed by atoms with E-state index < -0.39 is 23.0 Å². The molecule has 8 nitrogen and oxygen atoms in total. The monoisotopic (exact) mass is 509 g/mol. The maximum absolute atomic E-state index is 14.9. The smallest absolute Gasteiger partial charge is 0.261 e.